The number of aromatic hydroxyl groups is 1. The molecule has 0 fully saturated rings. The second-order valence-electron chi connectivity index (χ2n) is 11.9. The van der Waals surface area contributed by atoms with E-state index in [1.165, 1.54) is 5.19 Å². The van der Waals surface area contributed by atoms with Crippen LogP contribution in [0.3, 0.4) is 0 Å². The highest BCUT2D eigenvalue weighted by Crippen LogP contribution is 2.37. The Morgan fingerprint density at radius 2 is 1.54 bits per heavy atom. The van der Waals surface area contributed by atoms with Crippen LogP contribution in [0.25, 0.3) is 44.8 Å². The molecule has 4 nitrogen and oxygen atoms in total. The second kappa shape index (κ2) is 9.00. The number of imidazole rings is 1. The first-order valence-corrected chi connectivity index (χ1v) is 16.3. The van der Waals surface area contributed by atoms with Crippen molar-refractivity contribution in [2.45, 2.75) is 45.8 Å². The molecule has 0 spiro atoms. The summed E-state index contributed by atoms with van der Waals surface area (Å²) in [4.78, 5) is 9.78. The average Bonchev–Trinajstić information content (AvgIpc) is 3.19. The van der Waals surface area contributed by atoms with Crippen LogP contribution in [-0.4, -0.2) is 27.7 Å². The van der Waals surface area contributed by atoms with Gasteiger partial charge in [0.25, 0.3) is 0 Å². The van der Waals surface area contributed by atoms with Crippen LogP contribution in [0, 0.1) is 0 Å². The number of nitrogens with zero attached hydrogens (tertiary/aromatic N) is 3. The van der Waals surface area contributed by atoms with Gasteiger partial charge in [-0.15, -0.1) is 0 Å². The number of hydrogen-bond acceptors (Lipinski definition) is 3. The number of phenolic OH excluding ortho intramolecular Hbond substituents is 1. The fourth-order valence-electron chi connectivity index (χ4n) is 4.77. The topological polar surface area (TPSA) is 50.9 Å². The minimum atomic E-state index is -1.44. The van der Waals surface area contributed by atoms with E-state index in [2.05, 4.69) is 106 Å². The highest BCUT2D eigenvalue weighted by molar-refractivity contribution is 6.88. The third kappa shape index (κ3) is 4.71. The Labute approximate surface area is 220 Å². The van der Waals surface area contributed by atoms with Gasteiger partial charge in [-0.3, -0.25) is 4.98 Å². The van der Waals surface area contributed by atoms with E-state index in [1.807, 2.05) is 19.3 Å². The Morgan fingerprint density at radius 1 is 0.811 bits per heavy atom. The Kier molecular flexibility index (Phi) is 6.07. The number of benzene rings is 3. The molecule has 5 rings (SSSR count). The lowest BCUT2D eigenvalue weighted by atomic mass is 9.86. The lowest BCUT2D eigenvalue weighted by Crippen LogP contribution is -2.37. The highest BCUT2D eigenvalue weighted by atomic mass is 28.3. The first kappa shape index (κ1) is 25.0. The zero-order valence-corrected chi connectivity index (χ0v) is 23.8. The SMILES string of the molecule is Cn1c(-c2cc(C(C)(C)C)ccc2O)nc2c(-c3cccc(-c4cc([Si](C)(C)C)ccn4)c3)cccc21. The fourth-order valence-corrected chi connectivity index (χ4v) is 5.92. The number of rotatable bonds is 4. The molecule has 0 unspecified atom stereocenters. The zero-order valence-electron chi connectivity index (χ0n) is 22.8. The zero-order chi connectivity index (χ0) is 26.5. The van der Waals surface area contributed by atoms with Crippen LogP contribution in [0.15, 0.2) is 79.0 Å². The summed E-state index contributed by atoms with van der Waals surface area (Å²) < 4.78 is 2.07. The van der Waals surface area contributed by atoms with Gasteiger partial charge in [-0.1, -0.05) is 82.0 Å². The van der Waals surface area contributed by atoms with Crippen molar-refractivity contribution >= 4 is 24.3 Å². The van der Waals surface area contributed by atoms with E-state index in [9.17, 15) is 5.11 Å². The van der Waals surface area contributed by atoms with Gasteiger partial charge in [0.05, 0.1) is 30.4 Å². The maximum atomic E-state index is 10.8. The molecule has 37 heavy (non-hydrogen) atoms. The van der Waals surface area contributed by atoms with Crippen molar-refractivity contribution in [3.05, 3.63) is 84.6 Å². The van der Waals surface area contributed by atoms with E-state index in [4.69, 9.17) is 9.97 Å². The monoisotopic (exact) mass is 505 g/mol. The van der Waals surface area contributed by atoms with Crippen molar-refractivity contribution in [2.24, 2.45) is 7.05 Å². The van der Waals surface area contributed by atoms with Crippen molar-refractivity contribution in [1.29, 1.82) is 0 Å². The molecule has 0 aliphatic heterocycles. The molecule has 0 bridgehead atoms. The lowest BCUT2D eigenvalue weighted by Gasteiger charge is -2.20. The molecule has 2 aromatic heterocycles. The van der Waals surface area contributed by atoms with E-state index >= 15 is 0 Å². The van der Waals surface area contributed by atoms with Crippen molar-refractivity contribution in [3.63, 3.8) is 0 Å². The molecule has 5 aromatic rings. The Morgan fingerprint density at radius 3 is 2.27 bits per heavy atom. The molecule has 0 saturated heterocycles. The van der Waals surface area contributed by atoms with Gasteiger partial charge >= 0.3 is 0 Å². The average molecular weight is 506 g/mol. The molecule has 0 amide bonds. The molecule has 1 N–H and O–H groups in total. The van der Waals surface area contributed by atoms with Gasteiger partial charge < -0.3 is 9.67 Å². The second-order valence-corrected chi connectivity index (χ2v) is 17.0. The minimum absolute atomic E-state index is 0.0283. The van der Waals surface area contributed by atoms with Crippen LogP contribution >= 0.6 is 0 Å². The maximum Gasteiger partial charge on any atom is 0.144 e. The minimum Gasteiger partial charge on any atom is -0.507 e. The molecule has 0 atom stereocenters. The van der Waals surface area contributed by atoms with Crippen molar-refractivity contribution in [1.82, 2.24) is 14.5 Å². The Hall–Kier alpha value is -3.70. The number of aryl methyl sites for hydroxylation is 1. The molecule has 0 radical (unpaired) electrons. The normalized spacial score (nSPS) is 12.3. The van der Waals surface area contributed by atoms with Gasteiger partial charge in [0.2, 0.25) is 0 Å². The summed E-state index contributed by atoms with van der Waals surface area (Å²) in [5.41, 5.74) is 8.08. The highest BCUT2D eigenvalue weighted by Gasteiger charge is 2.21. The Balaban J connectivity index is 1.64. The molecule has 0 saturated carbocycles. The van der Waals surface area contributed by atoms with Crippen molar-refractivity contribution in [3.8, 4) is 39.5 Å². The summed E-state index contributed by atoms with van der Waals surface area (Å²) in [7, 11) is 0.573. The maximum absolute atomic E-state index is 10.8. The van der Waals surface area contributed by atoms with Crippen LogP contribution < -0.4 is 5.19 Å². The van der Waals surface area contributed by atoms with Crippen molar-refractivity contribution in [2.75, 3.05) is 0 Å². The van der Waals surface area contributed by atoms with Gasteiger partial charge in [0.1, 0.15) is 11.6 Å². The molecule has 5 heteroatoms. The van der Waals surface area contributed by atoms with Gasteiger partial charge in [-0.2, -0.15) is 0 Å². The number of hydrogen-bond donors (Lipinski definition) is 1. The first-order chi connectivity index (χ1) is 17.4. The van der Waals surface area contributed by atoms with Gasteiger partial charge in [0, 0.05) is 24.4 Å². The van der Waals surface area contributed by atoms with Crippen LogP contribution in [0.1, 0.15) is 26.3 Å². The van der Waals surface area contributed by atoms with E-state index in [0.717, 1.165) is 50.4 Å². The van der Waals surface area contributed by atoms with Crippen LogP contribution in [-0.2, 0) is 12.5 Å². The van der Waals surface area contributed by atoms with Crippen LogP contribution in [0.5, 0.6) is 5.75 Å². The molecular weight excluding hydrogens is 470 g/mol. The van der Waals surface area contributed by atoms with E-state index < -0.39 is 8.07 Å². The van der Waals surface area contributed by atoms with E-state index in [0.29, 0.717) is 0 Å². The molecular formula is C32H35N3OSi. The number of para-hydroxylation sites is 1. The summed E-state index contributed by atoms with van der Waals surface area (Å²) in [6.45, 7) is 13.6. The number of fused-ring (bicyclic) bond motifs is 1. The number of pyridine rings is 1. The third-order valence-corrected chi connectivity index (χ3v) is 9.15. The predicted octanol–water partition coefficient (Wildman–Crippen LogP) is 7.52. The van der Waals surface area contributed by atoms with E-state index in [-0.39, 0.29) is 11.2 Å². The lowest BCUT2D eigenvalue weighted by molar-refractivity contribution is 0.475. The van der Waals surface area contributed by atoms with E-state index in [1.54, 1.807) is 6.07 Å². The first-order valence-electron chi connectivity index (χ1n) is 12.8. The molecule has 188 valence electrons. The quantitative estimate of drug-likeness (QED) is 0.257. The van der Waals surface area contributed by atoms with Crippen molar-refractivity contribution < 1.29 is 5.11 Å². The summed E-state index contributed by atoms with van der Waals surface area (Å²) in [5, 5.41) is 12.2. The number of phenols is 1. The fraction of sp³-hybridized carbons (Fsp3) is 0.250. The smallest absolute Gasteiger partial charge is 0.144 e. The molecule has 3 aromatic carbocycles. The summed E-state index contributed by atoms with van der Waals surface area (Å²) >= 11 is 0. The number of aromatic nitrogens is 3. The largest absolute Gasteiger partial charge is 0.507 e. The Bertz CT molecular complexity index is 1620. The standard InChI is InChI=1S/C32H35N3OSi/c1-32(2,3)23-14-15-29(36)26(19-23)31-34-30-25(12-9-13-28(30)35(31)4)21-10-8-11-22(18-21)27-20-24(16-17-33-27)37(5,6)7/h8-20,36H,1-7H3. The third-order valence-electron chi connectivity index (χ3n) is 7.11. The van der Waals surface area contributed by atoms with Gasteiger partial charge in [-0.05, 0) is 52.9 Å². The molecule has 0 aliphatic carbocycles. The summed E-state index contributed by atoms with van der Waals surface area (Å²) in [6.07, 6.45) is 1.93. The summed E-state index contributed by atoms with van der Waals surface area (Å²) in [5.74, 6) is 0.995. The van der Waals surface area contributed by atoms with Gasteiger partial charge in [0.15, 0.2) is 0 Å². The molecule has 0 aliphatic rings. The van der Waals surface area contributed by atoms with Crippen LogP contribution in [0.4, 0.5) is 0 Å². The summed E-state index contributed by atoms with van der Waals surface area (Å²) in [6, 6.07) is 25.1. The van der Waals surface area contributed by atoms with Crippen LogP contribution in [0.2, 0.25) is 19.6 Å². The molecule has 2 heterocycles. The predicted molar refractivity (Wildman–Crippen MR) is 158 cm³/mol. The van der Waals surface area contributed by atoms with Gasteiger partial charge in [-0.25, -0.2) is 4.98 Å².